The van der Waals surface area contributed by atoms with Crippen LogP contribution in [0.15, 0.2) is 24.3 Å². The molecule has 0 aliphatic heterocycles. The van der Waals surface area contributed by atoms with Crippen LogP contribution in [0.4, 0.5) is 0 Å². The molecule has 1 atom stereocenters. The van der Waals surface area contributed by atoms with Crippen molar-refractivity contribution in [2.75, 3.05) is 6.54 Å². The van der Waals surface area contributed by atoms with Gasteiger partial charge in [0, 0.05) is 13.0 Å². The zero-order valence-electron chi connectivity index (χ0n) is 10.1. The second-order valence-corrected chi connectivity index (χ2v) is 3.90. The summed E-state index contributed by atoms with van der Waals surface area (Å²) in [5, 5.41) is 9.49. The summed E-state index contributed by atoms with van der Waals surface area (Å²) in [6.07, 6.45) is 1.57. The van der Waals surface area contributed by atoms with Crippen molar-refractivity contribution in [3.8, 4) is 5.75 Å². The van der Waals surface area contributed by atoms with E-state index in [0.717, 1.165) is 18.4 Å². The molecule has 1 aromatic carbocycles. The first-order chi connectivity index (χ1) is 8.17. The Labute approximate surface area is 101 Å². The van der Waals surface area contributed by atoms with E-state index in [1.54, 1.807) is 24.3 Å². The maximum atomic E-state index is 11.4. The van der Waals surface area contributed by atoms with E-state index in [4.69, 9.17) is 10.5 Å². The second kappa shape index (κ2) is 7.04. The molecule has 0 radical (unpaired) electrons. The molecule has 0 aliphatic rings. The average Bonchev–Trinajstić information content (AvgIpc) is 2.36. The number of benzene rings is 1. The van der Waals surface area contributed by atoms with Gasteiger partial charge in [-0.15, -0.1) is 0 Å². The molecular formula is C13H19NO3. The van der Waals surface area contributed by atoms with E-state index in [1.165, 1.54) is 0 Å². The molecule has 4 nitrogen and oxygen atoms in total. The standard InChI is InChI=1S/C13H19NO3/c1-2-3-4-13(16)17-11-7-5-10(6-8-11)12(15)9-14/h5-8,12,15H,2-4,9,14H2,1H3. The molecule has 0 spiro atoms. The van der Waals surface area contributed by atoms with Gasteiger partial charge in [-0.1, -0.05) is 25.5 Å². The van der Waals surface area contributed by atoms with Gasteiger partial charge in [0.05, 0.1) is 6.10 Å². The lowest BCUT2D eigenvalue weighted by atomic mass is 10.1. The van der Waals surface area contributed by atoms with Crippen LogP contribution < -0.4 is 10.5 Å². The Hall–Kier alpha value is -1.39. The summed E-state index contributed by atoms with van der Waals surface area (Å²) >= 11 is 0. The lowest BCUT2D eigenvalue weighted by Crippen LogP contribution is -2.11. The molecule has 0 aliphatic carbocycles. The van der Waals surface area contributed by atoms with Gasteiger partial charge in [0.2, 0.25) is 0 Å². The van der Waals surface area contributed by atoms with E-state index >= 15 is 0 Å². The van der Waals surface area contributed by atoms with Gasteiger partial charge in [-0.2, -0.15) is 0 Å². The first-order valence-corrected chi connectivity index (χ1v) is 5.86. The monoisotopic (exact) mass is 237 g/mol. The molecule has 1 rings (SSSR count). The highest BCUT2D eigenvalue weighted by Crippen LogP contribution is 2.17. The molecule has 17 heavy (non-hydrogen) atoms. The van der Waals surface area contributed by atoms with Gasteiger partial charge >= 0.3 is 5.97 Å². The second-order valence-electron chi connectivity index (χ2n) is 3.90. The van der Waals surface area contributed by atoms with Crippen molar-refractivity contribution in [3.63, 3.8) is 0 Å². The summed E-state index contributed by atoms with van der Waals surface area (Å²) in [5.74, 6) is 0.276. The molecule has 1 unspecified atom stereocenters. The molecule has 0 amide bonds. The quantitative estimate of drug-likeness (QED) is 0.584. The Morgan fingerprint density at radius 3 is 2.59 bits per heavy atom. The van der Waals surface area contributed by atoms with Gasteiger partial charge in [0.25, 0.3) is 0 Å². The Balaban J connectivity index is 2.53. The lowest BCUT2D eigenvalue weighted by Gasteiger charge is -2.09. The fourth-order valence-electron chi connectivity index (χ4n) is 1.40. The fourth-order valence-corrected chi connectivity index (χ4v) is 1.40. The van der Waals surface area contributed by atoms with Gasteiger partial charge in [-0.05, 0) is 24.1 Å². The fraction of sp³-hybridized carbons (Fsp3) is 0.462. The number of unbranched alkanes of at least 4 members (excludes halogenated alkanes) is 1. The average molecular weight is 237 g/mol. The summed E-state index contributed by atoms with van der Waals surface area (Å²) in [6.45, 7) is 2.20. The molecule has 0 saturated heterocycles. The van der Waals surface area contributed by atoms with Crippen LogP contribution >= 0.6 is 0 Å². The lowest BCUT2D eigenvalue weighted by molar-refractivity contribution is -0.134. The topological polar surface area (TPSA) is 72.5 Å². The number of esters is 1. The van der Waals surface area contributed by atoms with Crippen LogP contribution in [0.5, 0.6) is 5.75 Å². The van der Waals surface area contributed by atoms with Crippen LogP contribution in [0.25, 0.3) is 0 Å². The van der Waals surface area contributed by atoms with Crippen LogP contribution in [0, 0.1) is 0 Å². The van der Waals surface area contributed by atoms with Gasteiger partial charge in [0.1, 0.15) is 5.75 Å². The summed E-state index contributed by atoms with van der Waals surface area (Å²) < 4.78 is 5.13. The van der Waals surface area contributed by atoms with Gasteiger partial charge < -0.3 is 15.6 Å². The Kier molecular flexibility index (Phi) is 5.66. The summed E-state index contributed by atoms with van der Waals surface area (Å²) in [7, 11) is 0. The predicted molar refractivity (Wildman–Crippen MR) is 65.6 cm³/mol. The number of carbonyl (C=O) groups is 1. The molecule has 0 aromatic heterocycles. The molecule has 0 saturated carbocycles. The Bertz CT molecular complexity index is 348. The highest BCUT2D eigenvalue weighted by molar-refractivity contribution is 5.72. The van der Waals surface area contributed by atoms with Crippen LogP contribution in [0.3, 0.4) is 0 Å². The third-order valence-corrected chi connectivity index (χ3v) is 2.45. The number of rotatable bonds is 6. The van der Waals surface area contributed by atoms with E-state index < -0.39 is 6.10 Å². The summed E-state index contributed by atoms with van der Waals surface area (Å²) in [4.78, 5) is 11.4. The van der Waals surface area contributed by atoms with Gasteiger partial charge in [-0.3, -0.25) is 4.79 Å². The number of ether oxygens (including phenoxy) is 1. The van der Waals surface area contributed by atoms with Crippen molar-refractivity contribution in [2.24, 2.45) is 5.73 Å². The molecule has 4 heteroatoms. The van der Waals surface area contributed by atoms with Crippen LogP contribution in [-0.2, 0) is 4.79 Å². The summed E-state index contributed by atoms with van der Waals surface area (Å²) in [5.41, 5.74) is 6.07. The largest absolute Gasteiger partial charge is 0.427 e. The van der Waals surface area contributed by atoms with Gasteiger partial charge in [-0.25, -0.2) is 0 Å². The number of hydrogen-bond acceptors (Lipinski definition) is 4. The first-order valence-electron chi connectivity index (χ1n) is 5.86. The van der Waals surface area contributed by atoms with Crippen molar-refractivity contribution in [3.05, 3.63) is 29.8 Å². The summed E-state index contributed by atoms with van der Waals surface area (Å²) in [6, 6.07) is 6.75. The third kappa shape index (κ3) is 4.54. The Morgan fingerprint density at radius 2 is 2.06 bits per heavy atom. The van der Waals surface area contributed by atoms with E-state index in [9.17, 15) is 9.90 Å². The zero-order valence-corrected chi connectivity index (χ0v) is 10.1. The highest BCUT2D eigenvalue weighted by atomic mass is 16.5. The van der Waals surface area contributed by atoms with Crippen molar-refractivity contribution < 1.29 is 14.6 Å². The number of aliphatic hydroxyl groups excluding tert-OH is 1. The smallest absolute Gasteiger partial charge is 0.311 e. The minimum absolute atomic E-state index is 0.176. The maximum Gasteiger partial charge on any atom is 0.311 e. The minimum Gasteiger partial charge on any atom is -0.427 e. The van der Waals surface area contributed by atoms with Crippen LogP contribution in [0.2, 0.25) is 0 Å². The van der Waals surface area contributed by atoms with E-state index in [1.807, 2.05) is 6.92 Å². The molecule has 0 bridgehead atoms. The Morgan fingerprint density at radius 1 is 1.41 bits per heavy atom. The molecule has 0 heterocycles. The number of carbonyl (C=O) groups excluding carboxylic acids is 1. The zero-order chi connectivity index (χ0) is 12.7. The normalized spacial score (nSPS) is 12.2. The SMILES string of the molecule is CCCCC(=O)Oc1ccc(C(O)CN)cc1. The van der Waals surface area contributed by atoms with E-state index in [2.05, 4.69) is 0 Å². The van der Waals surface area contributed by atoms with Gasteiger partial charge in [0.15, 0.2) is 0 Å². The van der Waals surface area contributed by atoms with Crippen molar-refractivity contribution in [1.82, 2.24) is 0 Å². The first kappa shape index (κ1) is 13.7. The van der Waals surface area contributed by atoms with E-state index in [0.29, 0.717) is 12.2 Å². The molecule has 3 N–H and O–H groups in total. The molecular weight excluding hydrogens is 218 g/mol. The molecule has 1 aromatic rings. The van der Waals surface area contributed by atoms with Crippen LogP contribution in [-0.4, -0.2) is 17.6 Å². The maximum absolute atomic E-state index is 11.4. The minimum atomic E-state index is -0.667. The van der Waals surface area contributed by atoms with Crippen molar-refractivity contribution in [2.45, 2.75) is 32.3 Å². The number of nitrogens with two attached hydrogens (primary N) is 1. The van der Waals surface area contributed by atoms with Crippen molar-refractivity contribution in [1.29, 1.82) is 0 Å². The molecule has 0 fully saturated rings. The number of aliphatic hydroxyl groups is 1. The predicted octanol–water partition coefficient (Wildman–Crippen LogP) is 1.77. The van der Waals surface area contributed by atoms with Crippen LogP contribution in [0.1, 0.15) is 37.9 Å². The number of hydrogen-bond donors (Lipinski definition) is 2. The highest BCUT2D eigenvalue weighted by Gasteiger charge is 2.07. The van der Waals surface area contributed by atoms with E-state index in [-0.39, 0.29) is 12.5 Å². The molecule has 94 valence electrons. The third-order valence-electron chi connectivity index (χ3n) is 2.45. The van der Waals surface area contributed by atoms with Crippen molar-refractivity contribution >= 4 is 5.97 Å².